The Balaban J connectivity index is 1.75. The highest BCUT2D eigenvalue weighted by molar-refractivity contribution is 5.94. The van der Waals surface area contributed by atoms with Crippen LogP contribution in [0, 0.1) is 0 Å². The summed E-state index contributed by atoms with van der Waals surface area (Å²) in [4.78, 5) is 26.6. The zero-order valence-corrected chi connectivity index (χ0v) is 16.3. The van der Waals surface area contributed by atoms with Crippen LogP contribution >= 0.6 is 0 Å². The van der Waals surface area contributed by atoms with Gasteiger partial charge in [-0.3, -0.25) is 14.5 Å². The van der Waals surface area contributed by atoms with Crippen LogP contribution in [0.4, 0.5) is 11.4 Å². The summed E-state index contributed by atoms with van der Waals surface area (Å²) in [7, 11) is 0. The number of unbranched alkanes of at least 4 members (excludes halogenated alkanes) is 3. The van der Waals surface area contributed by atoms with Gasteiger partial charge < -0.3 is 16.4 Å². The molecule has 0 saturated carbocycles. The Bertz CT molecular complexity index is 583. The lowest BCUT2D eigenvalue weighted by Gasteiger charge is -2.19. The summed E-state index contributed by atoms with van der Waals surface area (Å²) in [6.07, 6.45) is 9.34. The average Bonchev–Trinajstić information content (AvgIpc) is 2.90. The Morgan fingerprint density at radius 2 is 1.52 bits per heavy atom. The first-order valence-corrected chi connectivity index (χ1v) is 10.3. The van der Waals surface area contributed by atoms with Crippen molar-refractivity contribution in [3.8, 4) is 0 Å². The lowest BCUT2D eigenvalue weighted by molar-refractivity contribution is -0.117. The van der Waals surface area contributed by atoms with Crippen LogP contribution in [0.1, 0.15) is 57.8 Å². The first-order chi connectivity index (χ1) is 13.2. The zero-order valence-electron chi connectivity index (χ0n) is 16.3. The molecular weight excluding hydrogens is 340 g/mol. The highest BCUT2D eigenvalue weighted by Gasteiger charge is 2.13. The number of hydrogen-bond acceptors (Lipinski definition) is 4. The Morgan fingerprint density at radius 1 is 0.889 bits per heavy atom. The van der Waals surface area contributed by atoms with Crippen molar-refractivity contribution < 1.29 is 9.59 Å². The van der Waals surface area contributed by atoms with E-state index in [0.717, 1.165) is 50.1 Å². The Morgan fingerprint density at radius 3 is 2.19 bits per heavy atom. The van der Waals surface area contributed by atoms with Gasteiger partial charge in [0.15, 0.2) is 0 Å². The van der Waals surface area contributed by atoms with E-state index in [1.165, 1.54) is 25.7 Å². The number of nitrogens with one attached hydrogen (secondary N) is 2. The molecule has 2 amide bonds. The first-order valence-electron chi connectivity index (χ1n) is 10.3. The molecule has 4 N–H and O–H groups in total. The fourth-order valence-corrected chi connectivity index (χ4v) is 3.38. The Hall–Kier alpha value is -1.92. The minimum atomic E-state index is 0.000260. The monoisotopic (exact) mass is 374 g/mol. The van der Waals surface area contributed by atoms with Crippen molar-refractivity contribution in [1.29, 1.82) is 0 Å². The number of nitrogens with two attached hydrogens (primary N) is 1. The normalized spacial score (nSPS) is 15.1. The number of carbonyl (C=O) groups excluding carboxylic acids is 2. The van der Waals surface area contributed by atoms with Gasteiger partial charge in [0.2, 0.25) is 11.8 Å². The zero-order chi connectivity index (χ0) is 19.3. The van der Waals surface area contributed by atoms with Gasteiger partial charge in [0.05, 0.1) is 6.54 Å². The molecule has 1 heterocycles. The molecule has 6 heteroatoms. The summed E-state index contributed by atoms with van der Waals surface area (Å²) in [6.45, 7) is 3.13. The van der Waals surface area contributed by atoms with Gasteiger partial charge in [0.1, 0.15) is 0 Å². The summed E-state index contributed by atoms with van der Waals surface area (Å²) in [5.74, 6) is 0.0103. The number of carbonyl (C=O) groups is 2. The van der Waals surface area contributed by atoms with Gasteiger partial charge in [0, 0.05) is 17.8 Å². The van der Waals surface area contributed by atoms with E-state index < -0.39 is 0 Å². The molecule has 0 bridgehead atoms. The number of nitrogens with zero attached hydrogens (tertiary/aromatic N) is 1. The molecule has 1 aromatic rings. The maximum atomic E-state index is 12.3. The molecule has 0 radical (unpaired) electrons. The SMILES string of the molecule is NCCCCCCC(=O)Nc1cccc(NC(=O)CN2CCCCCC2)c1. The van der Waals surface area contributed by atoms with E-state index in [1.54, 1.807) is 0 Å². The van der Waals surface area contributed by atoms with Crippen LogP contribution in [0.2, 0.25) is 0 Å². The van der Waals surface area contributed by atoms with Crippen LogP contribution in [0.5, 0.6) is 0 Å². The van der Waals surface area contributed by atoms with E-state index in [0.29, 0.717) is 19.5 Å². The molecule has 0 aliphatic carbocycles. The summed E-state index contributed by atoms with van der Waals surface area (Å²) >= 11 is 0. The average molecular weight is 375 g/mol. The van der Waals surface area contributed by atoms with Gasteiger partial charge in [0.25, 0.3) is 0 Å². The topological polar surface area (TPSA) is 87.5 Å². The summed E-state index contributed by atoms with van der Waals surface area (Å²) in [5.41, 5.74) is 6.90. The molecule has 150 valence electrons. The predicted molar refractivity (Wildman–Crippen MR) is 111 cm³/mol. The molecule has 1 aromatic carbocycles. The van der Waals surface area contributed by atoms with E-state index in [1.807, 2.05) is 24.3 Å². The largest absolute Gasteiger partial charge is 0.330 e. The third-order valence-corrected chi connectivity index (χ3v) is 4.85. The number of amides is 2. The molecule has 0 aromatic heterocycles. The van der Waals surface area contributed by atoms with E-state index in [4.69, 9.17) is 5.73 Å². The lowest BCUT2D eigenvalue weighted by atomic mass is 10.1. The van der Waals surface area contributed by atoms with Crippen molar-refractivity contribution in [2.45, 2.75) is 57.8 Å². The number of likely N-dealkylation sites (tertiary alicyclic amines) is 1. The molecule has 2 rings (SSSR count). The second kappa shape index (κ2) is 12.5. The molecule has 27 heavy (non-hydrogen) atoms. The number of hydrogen-bond donors (Lipinski definition) is 3. The summed E-state index contributed by atoms with van der Waals surface area (Å²) in [6, 6.07) is 7.35. The maximum absolute atomic E-state index is 12.3. The lowest BCUT2D eigenvalue weighted by Crippen LogP contribution is -2.33. The molecule has 0 atom stereocenters. The van der Waals surface area contributed by atoms with E-state index >= 15 is 0 Å². The van der Waals surface area contributed by atoms with Gasteiger partial charge in [-0.2, -0.15) is 0 Å². The molecule has 0 unspecified atom stereocenters. The second-order valence-corrected chi connectivity index (χ2v) is 7.32. The maximum Gasteiger partial charge on any atom is 0.238 e. The van der Waals surface area contributed by atoms with Gasteiger partial charge in [-0.15, -0.1) is 0 Å². The predicted octanol–water partition coefficient (Wildman–Crippen LogP) is 3.35. The third kappa shape index (κ3) is 9.02. The van der Waals surface area contributed by atoms with Crippen LogP contribution in [-0.4, -0.2) is 42.9 Å². The fourth-order valence-electron chi connectivity index (χ4n) is 3.38. The number of benzene rings is 1. The highest BCUT2D eigenvalue weighted by Crippen LogP contribution is 2.16. The van der Waals surface area contributed by atoms with Crippen LogP contribution in [-0.2, 0) is 9.59 Å². The number of rotatable bonds is 10. The first kappa shape index (κ1) is 21.4. The van der Waals surface area contributed by atoms with Gasteiger partial charge in [-0.05, 0) is 63.5 Å². The van der Waals surface area contributed by atoms with Gasteiger partial charge >= 0.3 is 0 Å². The Kier molecular flexibility index (Phi) is 9.87. The number of anilines is 2. The standard InChI is InChI=1S/C21H34N4O2/c22-13-6-2-1-5-12-20(26)23-18-10-9-11-19(16-18)24-21(27)17-25-14-7-3-4-8-15-25/h9-11,16H,1-8,12-15,17,22H2,(H,23,26)(H,24,27). The van der Waals surface area contributed by atoms with Crippen molar-refractivity contribution in [2.24, 2.45) is 5.73 Å². The summed E-state index contributed by atoms with van der Waals surface area (Å²) < 4.78 is 0. The second-order valence-electron chi connectivity index (χ2n) is 7.32. The summed E-state index contributed by atoms with van der Waals surface area (Å²) in [5, 5.41) is 5.86. The third-order valence-electron chi connectivity index (χ3n) is 4.85. The van der Waals surface area contributed by atoms with Crippen molar-refractivity contribution in [3.05, 3.63) is 24.3 Å². The van der Waals surface area contributed by atoms with Crippen molar-refractivity contribution in [2.75, 3.05) is 36.8 Å². The van der Waals surface area contributed by atoms with Crippen LogP contribution in [0.25, 0.3) is 0 Å². The van der Waals surface area contributed by atoms with Gasteiger partial charge in [-0.25, -0.2) is 0 Å². The molecule has 0 spiro atoms. The Labute approximate surface area is 162 Å². The molecule has 1 saturated heterocycles. The fraction of sp³-hybridized carbons (Fsp3) is 0.619. The smallest absolute Gasteiger partial charge is 0.238 e. The molecular formula is C21H34N4O2. The molecule has 1 fully saturated rings. The van der Waals surface area contributed by atoms with E-state index in [9.17, 15) is 9.59 Å². The molecule has 1 aliphatic rings. The van der Waals surface area contributed by atoms with Crippen molar-refractivity contribution in [1.82, 2.24) is 4.90 Å². The van der Waals surface area contributed by atoms with Crippen LogP contribution < -0.4 is 16.4 Å². The van der Waals surface area contributed by atoms with Crippen molar-refractivity contribution >= 4 is 23.2 Å². The van der Waals surface area contributed by atoms with E-state index in [2.05, 4.69) is 15.5 Å². The van der Waals surface area contributed by atoms with Crippen LogP contribution in [0.15, 0.2) is 24.3 Å². The van der Waals surface area contributed by atoms with Crippen LogP contribution in [0.3, 0.4) is 0 Å². The quantitative estimate of drug-likeness (QED) is 0.548. The molecule has 1 aliphatic heterocycles. The van der Waals surface area contributed by atoms with Crippen molar-refractivity contribution in [3.63, 3.8) is 0 Å². The molecule has 6 nitrogen and oxygen atoms in total. The minimum absolute atomic E-state index is 0.000260. The van der Waals surface area contributed by atoms with Gasteiger partial charge in [-0.1, -0.05) is 31.7 Å². The minimum Gasteiger partial charge on any atom is -0.330 e. The highest BCUT2D eigenvalue weighted by atomic mass is 16.2. The van der Waals surface area contributed by atoms with E-state index in [-0.39, 0.29) is 11.8 Å².